The number of hydrogen-bond donors (Lipinski definition) is 2. The van der Waals surface area contributed by atoms with Gasteiger partial charge in [-0.1, -0.05) is 26.7 Å². The number of carbonyl (C=O) groups excluding carboxylic acids is 1. The van der Waals surface area contributed by atoms with E-state index in [2.05, 4.69) is 5.32 Å². The fourth-order valence-electron chi connectivity index (χ4n) is 1.50. The second-order valence-electron chi connectivity index (χ2n) is 3.84. The molecule has 15 heavy (non-hydrogen) atoms. The van der Waals surface area contributed by atoms with Crippen LogP contribution >= 0.6 is 0 Å². The van der Waals surface area contributed by atoms with Crippen molar-refractivity contribution in [1.82, 2.24) is 5.32 Å². The highest BCUT2D eigenvalue weighted by Crippen LogP contribution is 2.13. The van der Waals surface area contributed by atoms with Gasteiger partial charge in [0.15, 0.2) is 0 Å². The molecular weight excluding hydrogens is 194 g/mol. The first-order valence-electron chi connectivity index (χ1n) is 5.56. The molecule has 1 amide bonds. The summed E-state index contributed by atoms with van der Waals surface area (Å²) in [5, 5.41) is 11.2. The first-order chi connectivity index (χ1) is 7.02. The van der Waals surface area contributed by atoms with E-state index in [4.69, 9.17) is 5.11 Å². The van der Waals surface area contributed by atoms with Crippen LogP contribution < -0.4 is 5.32 Å². The molecule has 0 rings (SSSR count). The van der Waals surface area contributed by atoms with Crippen LogP contribution in [0.5, 0.6) is 0 Å². The minimum absolute atomic E-state index is 0.0400. The van der Waals surface area contributed by atoms with Gasteiger partial charge < -0.3 is 10.4 Å². The average Bonchev–Trinajstić information content (AvgIpc) is 2.17. The Hall–Kier alpha value is -1.06. The van der Waals surface area contributed by atoms with Gasteiger partial charge in [-0.05, 0) is 19.8 Å². The first kappa shape index (κ1) is 13.9. The van der Waals surface area contributed by atoms with Gasteiger partial charge in [0.1, 0.15) is 6.04 Å². The summed E-state index contributed by atoms with van der Waals surface area (Å²) in [6.45, 7) is 5.53. The lowest BCUT2D eigenvalue weighted by Gasteiger charge is -2.17. The summed E-state index contributed by atoms with van der Waals surface area (Å²) in [6.07, 6.45) is 3.54. The van der Waals surface area contributed by atoms with E-state index in [0.717, 1.165) is 25.7 Å². The summed E-state index contributed by atoms with van der Waals surface area (Å²) in [7, 11) is 0. The summed E-state index contributed by atoms with van der Waals surface area (Å²) < 4.78 is 0. The molecule has 0 aliphatic rings. The molecule has 4 nitrogen and oxygen atoms in total. The lowest BCUT2D eigenvalue weighted by molar-refractivity contribution is -0.142. The molecule has 0 heterocycles. The number of carboxylic acid groups (broad SMARTS) is 1. The van der Waals surface area contributed by atoms with E-state index in [9.17, 15) is 9.59 Å². The lowest BCUT2D eigenvalue weighted by atomic mass is 9.97. The molecule has 0 unspecified atom stereocenters. The molecule has 0 bridgehead atoms. The monoisotopic (exact) mass is 215 g/mol. The number of hydrogen-bond acceptors (Lipinski definition) is 2. The smallest absolute Gasteiger partial charge is 0.325 e. The van der Waals surface area contributed by atoms with Crippen molar-refractivity contribution in [1.29, 1.82) is 0 Å². The Morgan fingerprint density at radius 3 is 2.00 bits per heavy atom. The van der Waals surface area contributed by atoms with Gasteiger partial charge in [-0.15, -0.1) is 0 Å². The zero-order chi connectivity index (χ0) is 11.8. The molecule has 0 aliphatic heterocycles. The van der Waals surface area contributed by atoms with Gasteiger partial charge in [0, 0.05) is 5.92 Å². The quantitative estimate of drug-likeness (QED) is 0.680. The van der Waals surface area contributed by atoms with Crippen molar-refractivity contribution < 1.29 is 14.7 Å². The lowest BCUT2D eigenvalue weighted by Crippen LogP contribution is -2.41. The van der Waals surface area contributed by atoms with Gasteiger partial charge in [-0.2, -0.15) is 0 Å². The second kappa shape index (κ2) is 7.26. The Kier molecular flexibility index (Phi) is 6.75. The SMILES string of the molecule is CCCC(CCC)C(=O)N[C@@H](C)C(=O)O. The summed E-state index contributed by atoms with van der Waals surface area (Å²) in [5.74, 6) is -1.16. The zero-order valence-corrected chi connectivity index (χ0v) is 9.75. The van der Waals surface area contributed by atoms with Gasteiger partial charge in [0.2, 0.25) is 5.91 Å². The number of carbonyl (C=O) groups is 2. The Morgan fingerprint density at radius 2 is 1.67 bits per heavy atom. The minimum Gasteiger partial charge on any atom is -0.480 e. The molecule has 1 atom stereocenters. The summed E-state index contributed by atoms with van der Waals surface area (Å²) in [5.41, 5.74) is 0. The molecule has 0 spiro atoms. The predicted molar refractivity (Wildman–Crippen MR) is 58.5 cm³/mol. The van der Waals surface area contributed by atoms with E-state index >= 15 is 0 Å². The highest BCUT2D eigenvalue weighted by Gasteiger charge is 2.20. The van der Waals surface area contributed by atoms with Crippen LogP contribution in [0.4, 0.5) is 0 Å². The Labute approximate surface area is 91.1 Å². The maximum atomic E-state index is 11.7. The molecule has 0 fully saturated rings. The maximum Gasteiger partial charge on any atom is 0.325 e. The third-order valence-corrected chi connectivity index (χ3v) is 2.37. The van der Waals surface area contributed by atoms with E-state index in [1.165, 1.54) is 6.92 Å². The number of aliphatic carboxylic acids is 1. The second-order valence-corrected chi connectivity index (χ2v) is 3.84. The topological polar surface area (TPSA) is 66.4 Å². The largest absolute Gasteiger partial charge is 0.480 e. The molecule has 0 aliphatic carbocycles. The van der Waals surface area contributed by atoms with Crippen LogP contribution in [0.15, 0.2) is 0 Å². The molecule has 0 aromatic rings. The van der Waals surface area contributed by atoms with Gasteiger partial charge in [0.05, 0.1) is 0 Å². The summed E-state index contributed by atoms with van der Waals surface area (Å²) in [4.78, 5) is 22.2. The Morgan fingerprint density at radius 1 is 1.20 bits per heavy atom. The van der Waals surface area contributed by atoms with Crippen LogP contribution in [-0.4, -0.2) is 23.0 Å². The highest BCUT2D eigenvalue weighted by atomic mass is 16.4. The van der Waals surface area contributed by atoms with Gasteiger partial charge in [-0.25, -0.2) is 0 Å². The predicted octanol–water partition coefficient (Wildman–Crippen LogP) is 1.79. The Bertz CT molecular complexity index is 210. The molecule has 0 saturated heterocycles. The number of rotatable bonds is 7. The maximum absolute atomic E-state index is 11.7. The molecular formula is C11H21NO3. The summed E-state index contributed by atoms with van der Waals surface area (Å²) in [6, 6.07) is -0.797. The van der Waals surface area contributed by atoms with Crippen LogP contribution in [0.3, 0.4) is 0 Å². The molecule has 2 N–H and O–H groups in total. The highest BCUT2D eigenvalue weighted by molar-refractivity contribution is 5.84. The van der Waals surface area contributed by atoms with Crippen molar-refractivity contribution in [2.75, 3.05) is 0 Å². The number of nitrogens with one attached hydrogen (secondary N) is 1. The van der Waals surface area contributed by atoms with Crippen LogP contribution in [0.2, 0.25) is 0 Å². The van der Waals surface area contributed by atoms with E-state index in [1.54, 1.807) is 0 Å². The molecule has 0 radical (unpaired) electrons. The number of carboxylic acids is 1. The molecule has 88 valence electrons. The van der Waals surface area contributed by atoms with Crippen LogP contribution in [0, 0.1) is 5.92 Å². The fraction of sp³-hybridized carbons (Fsp3) is 0.818. The average molecular weight is 215 g/mol. The molecule has 0 aromatic carbocycles. The summed E-state index contributed by atoms with van der Waals surface area (Å²) >= 11 is 0. The Balaban J connectivity index is 4.18. The van der Waals surface area contributed by atoms with Gasteiger partial charge >= 0.3 is 5.97 Å². The molecule has 0 saturated carbocycles. The van der Waals surface area contributed by atoms with Crippen molar-refractivity contribution in [2.24, 2.45) is 5.92 Å². The van der Waals surface area contributed by atoms with Crippen molar-refractivity contribution >= 4 is 11.9 Å². The first-order valence-corrected chi connectivity index (χ1v) is 5.56. The minimum atomic E-state index is -0.991. The van der Waals surface area contributed by atoms with Crippen molar-refractivity contribution in [3.63, 3.8) is 0 Å². The fourth-order valence-corrected chi connectivity index (χ4v) is 1.50. The van der Waals surface area contributed by atoms with E-state index in [0.29, 0.717) is 0 Å². The van der Waals surface area contributed by atoms with E-state index < -0.39 is 12.0 Å². The van der Waals surface area contributed by atoms with E-state index in [1.807, 2.05) is 13.8 Å². The normalized spacial score (nSPS) is 12.5. The molecule has 0 aromatic heterocycles. The van der Waals surface area contributed by atoms with E-state index in [-0.39, 0.29) is 11.8 Å². The van der Waals surface area contributed by atoms with Gasteiger partial charge in [-0.3, -0.25) is 9.59 Å². The van der Waals surface area contributed by atoms with Crippen molar-refractivity contribution in [3.8, 4) is 0 Å². The van der Waals surface area contributed by atoms with Crippen molar-refractivity contribution in [3.05, 3.63) is 0 Å². The standard InChI is InChI=1S/C11H21NO3/c1-4-6-9(7-5-2)10(13)12-8(3)11(14)15/h8-9H,4-7H2,1-3H3,(H,12,13)(H,14,15)/t8-/m0/s1. The van der Waals surface area contributed by atoms with Gasteiger partial charge in [0.25, 0.3) is 0 Å². The zero-order valence-electron chi connectivity index (χ0n) is 9.75. The third-order valence-electron chi connectivity index (χ3n) is 2.37. The van der Waals surface area contributed by atoms with Crippen LogP contribution in [0.25, 0.3) is 0 Å². The van der Waals surface area contributed by atoms with Crippen LogP contribution in [0.1, 0.15) is 46.5 Å². The van der Waals surface area contributed by atoms with Crippen LogP contribution in [-0.2, 0) is 9.59 Å². The number of amides is 1. The third kappa shape index (κ3) is 5.40. The molecule has 4 heteroatoms. The van der Waals surface area contributed by atoms with Crippen molar-refractivity contribution in [2.45, 2.75) is 52.5 Å².